The number of benzene rings is 2. The predicted molar refractivity (Wildman–Crippen MR) is 113 cm³/mol. The van der Waals surface area contributed by atoms with E-state index in [1.807, 2.05) is 24.3 Å². The van der Waals surface area contributed by atoms with Gasteiger partial charge < -0.3 is 5.32 Å². The fourth-order valence-electron chi connectivity index (χ4n) is 2.03. The number of aryl methyl sites for hydroxylation is 1. The molecule has 2 N–H and O–H groups in total. The monoisotopic (exact) mass is 470 g/mol. The highest BCUT2D eigenvalue weighted by atomic mass is 127. The quantitative estimate of drug-likeness (QED) is 0.374. The predicted octanol–water partition coefficient (Wildman–Crippen LogP) is 5.03. The third kappa shape index (κ3) is 5.89. The van der Waals surface area contributed by atoms with Crippen LogP contribution in [0.4, 0.5) is 5.69 Å². The molecule has 2 rings (SSSR count). The Bertz CT molecular complexity index is 775. The first-order valence-electron chi connectivity index (χ1n) is 7.32. The van der Waals surface area contributed by atoms with Crippen molar-refractivity contribution in [3.05, 3.63) is 68.3 Å². The van der Waals surface area contributed by atoms with Crippen molar-refractivity contribution in [2.75, 3.05) is 5.32 Å². The Morgan fingerprint density at radius 1 is 1.25 bits per heavy atom. The van der Waals surface area contributed by atoms with Gasteiger partial charge in [-0.2, -0.15) is 0 Å². The minimum absolute atomic E-state index is 0.275. The summed E-state index contributed by atoms with van der Waals surface area (Å²) in [5.41, 5.74) is 2.94. The van der Waals surface area contributed by atoms with E-state index in [9.17, 15) is 4.79 Å². The van der Waals surface area contributed by atoms with Gasteiger partial charge in [-0.25, -0.2) is 0 Å². The maximum absolute atomic E-state index is 11.9. The Labute approximate surface area is 165 Å². The van der Waals surface area contributed by atoms with Gasteiger partial charge in [-0.05, 0) is 88.8 Å². The molecule has 0 radical (unpaired) electrons. The second-order valence-electron chi connectivity index (χ2n) is 4.98. The van der Waals surface area contributed by atoms with Gasteiger partial charge in [0.25, 0.3) is 0 Å². The third-order valence-electron chi connectivity index (χ3n) is 3.23. The van der Waals surface area contributed by atoms with Crippen molar-refractivity contribution >= 4 is 69.2 Å². The Morgan fingerprint density at radius 2 is 1.96 bits per heavy atom. The van der Waals surface area contributed by atoms with Crippen LogP contribution in [0.25, 0.3) is 6.08 Å². The molecule has 0 bridgehead atoms. The number of hydrogen-bond donors (Lipinski definition) is 2. The van der Waals surface area contributed by atoms with Crippen molar-refractivity contribution in [1.82, 2.24) is 5.32 Å². The molecule has 0 aliphatic carbocycles. The number of halogens is 2. The molecule has 0 fully saturated rings. The summed E-state index contributed by atoms with van der Waals surface area (Å²) in [4.78, 5) is 11.9. The molecule has 0 aromatic heterocycles. The Morgan fingerprint density at radius 3 is 2.62 bits per heavy atom. The molecule has 0 atom stereocenters. The second-order valence-corrected chi connectivity index (χ2v) is 7.07. The number of hydrogen-bond acceptors (Lipinski definition) is 2. The van der Waals surface area contributed by atoms with Crippen molar-refractivity contribution in [3.63, 3.8) is 0 Å². The molecule has 0 saturated heterocycles. The van der Waals surface area contributed by atoms with Crippen LogP contribution in [-0.2, 0) is 11.2 Å². The molecule has 2 aromatic carbocycles. The summed E-state index contributed by atoms with van der Waals surface area (Å²) in [5, 5.41) is 6.65. The third-order valence-corrected chi connectivity index (χ3v) is 4.36. The Kier molecular flexibility index (Phi) is 7.20. The molecule has 0 heterocycles. The number of nitrogens with one attached hydrogen (secondary N) is 2. The van der Waals surface area contributed by atoms with E-state index in [4.69, 9.17) is 23.8 Å². The zero-order chi connectivity index (χ0) is 17.5. The summed E-state index contributed by atoms with van der Waals surface area (Å²) in [6.07, 6.45) is 4.02. The van der Waals surface area contributed by atoms with Crippen LogP contribution in [0.3, 0.4) is 0 Å². The molecule has 1 amide bonds. The van der Waals surface area contributed by atoms with Crippen LogP contribution in [0.1, 0.15) is 18.1 Å². The van der Waals surface area contributed by atoms with Gasteiger partial charge in [-0.3, -0.25) is 10.1 Å². The lowest BCUT2D eigenvalue weighted by atomic mass is 10.1. The highest BCUT2D eigenvalue weighted by molar-refractivity contribution is 14.1. The highest BCUT2D eigenvalue weighted by Gasteiger charge is 2.05. The minimum Gasteiger partial charge on any atom is -0.332 e. The standard InChI is InChI=1S/C18H16ClIN2OS/c1-2-13-11-15(20)8-9-16(13)21-18(24)22-17(23)10-5-12-3-6-14(19)7-4-12/h3-11H,2H2,1H3,(H2,21,22,23,24)/b10-5+. The van der Waals surface area contributed by atoms with Gasteiger partial charge in [0.1, 0.15) is 0 Å². The van der Waals surface area contributed by atoms with Gasteiger partial charge in [-0.15, -0.1) is 0 Å². The fourth-order valence-corrected chi connectivity index (χ4v) is 2.92. The van der Waals surface area contributed by atoms with Gasteiger partial charge in [-0.1, -0.05) is 30.7 Å². The van der Waals surface area contributed by atoms with Gasteiger partial charge >= 0.3 is 0 Å². The number of rotatable bonds is 4. The Hall–Kier alpha value is -1.44. The van der Waals surface area contributed by atoms with Crippen LogP contribution in [0.5, 0.6) is 0 Å². The summed E-state index contributed by atoms with van der Waals surface area (Å²) < 4.78 is 1.16. The molecule has 0 spiro atoms. The molecule has 6 heteroatoms. The lowest BCUT2D eigenvalue weighted by Crippen LogP contribution is -2.33. The van der Waals surface area contributed by atoms with Crippen molar-refractivity contribution < 1.29 is 4.79 Å². The van der Waals surface area contributed by atoms with Gasteiger partial charge in [0.15, 0.2) is 5.11 Å². The van der Waals surface area contributed by atoms with E-state index >= 15 is 0 Å². The average molecular weight is 471 g/mol. The zero-order valence-corrected chi connectivity index (χ0v) is 16.7. The minimum atomic E-state index is -0.286. The molecule has 24 heavy (non-hydrogen) atoms. The van der Waals surface area contributed by atoms with Crippen LogP contribution in [0.2, 0.25) is 5.02 Å². The molecule has 0 aliphatic rings. The van der Waals surface area contributed by atoms with Crippen LogP contribution >= 0.6 is 46.4 Å². The molecule has 124 valence electrons. The largest absolute Gasteiger partial charge is 0.332 e. The van der Waals surface area contributed by atoms with Crippen molar-refractivity contribution in [1.29, 1.82) is 0 Å². The number of thiocarbonyl (C=S) groups is 1. The summed E-state index contributed by atoms with van der Waals surface area (Å²) >= 11 is 13.3. The van der Waals surface area contributed by atoms with Gasteiger partial charge in [0.2, 0.25) is 5.91 Å². The first kappa shape index (κ1) is 18.9. The van der Waals surface area contributed by atoms with E-state index in [1.54, 1.807) is 18.2 Å². The van der Waals surface area contributed by atoms with E-state index in [2.05, 4.69) is 46.2 Å². The fraction of sp³-hybridized carbons (Fsp3) is 0.111. The smallest absolute Gasteiger partial charge is 0.250 e. The lowest BCUT2D eigenvalue weighted by Gasteiger charge is -2.12. The number of carbonyl (C=O) groups excluding carboxylic acids is 1. The van der Waals surface area contributed by atoms with Crippen molar-refractivity contribution in [2.45, 2.75) is 13.3 Å². The zero-order valence-electron chi connectivity index (χ0n) is 13.0. The van der Waals surface area contributed by atoms with E-state index in [0.29, 0.717) is 5.02 Å². The molecule has 0 unspecified atom stereocenters. The second kappa shape index (κ2) is 9.15. The van der Waals surface area contributed by atoms with Crippen molar-refractivity contribution in [3.8, 4) is 0 Å². The van der Waals surface area contributed by atoms with E-state index in [-0.39, 0.29) is 11.0 Å². The maximum atomic E-state index is 11.9. The van der Waals surface area contributed by atoms with Crippen LogP contribution < -0.4 is 10.6 Å². The van der Waals surface area contributed by atoms with Gasteiger partial charge in [0.05, 0.1) is 0 Å². The number of carbonyl (C=O) groups is 1. The lowest BCUT2D eigenvalue weighted by molar-refractivity contribution is -0.115. The van der Waals surface area contributed by atoms with Crippen LogP contribution in [0.15, 0.2) is 48.5 Å². The first-order valence-corrected chi connectivity index (χ1v) is 9.18. The highest BCUT2D eigenvalue weighted by Crippen LogP contribution is 2.19. The molecule has 2 aromatic rings. The van der Waals surface area contributed by atoms with Crippen LogP contribution in [-0.4, -0.2) is 11.0 Å². The normalized spacial score (nSPS) is 10.6. The molecule has 3 nitrogen and oxygen atoms in total. The SMILES string of the molecule is CCc1cc(I)ccc1NC(=S)NC(=O)/C=C/c1ccc(Cl)cc1. The Balaban J connectivity index is 1.94. The summed E-state index contributed by atoms with van der Waals surface area (Å²) in [6.45, 7) is 2.08. The van der Waals surface area contributed by atoms with Crippen LogP contribution in [0, 0.1) is 3.57 Å². The first-order chi connectivity index (χ1) is 11.5. The van der Waals surface area contributed by atoms with E-state index < -0.39 is 0 Å². The maximum Gasteiger partial charge on any atom is 0.250 e. The van der Waals surface area contributed by atoms with Crippen molar-refractivity contribution in [2.24, 2.45) is 0 Å². The topological polar surface area (TPSA) is 41.1 Å². The van der Waals surface area contributed by atoms with E-state index in [0.717, 1.165) is 26.8 Å². The summed E-state index contributed by atoms with van der Waals surface area (Å²) in [7, 11) is 0. The molecule has 0 saturated carbocycles. The number of anilines is 1. The summed E-state index contributed by atoms with van der Waals surface area (Å²) in [5.74, 6) is -0.286. The molecular weight excluding hydrogens is 455 g/mol. The average Bonchev–Trinajstić information content (AvgIpc) is 2.56. The summed E-state index contributed by atoms with van der Waals surface area (Å²) in [6, 6.07) is 13.3. The number of amides is 1. The molecular formula is C18H16ClIN2OS. The molecule has 0 aliphatic heterocycles. The van der Waals surface area contributed by atoms with Gasteiger partial charge in [0, 0.05) is 20.4 Å². The van der Waals surface area contributed by atoms with E-state index in [1.165, 1.54) is 6.08 Å².